The first kappa shape index (κ1) is 11.9. The molecule has 4 N–H and O–H groups in total. The molecule has 0 saturated carbocycles. The molecule has 0 amide bonds. The van der Waals surface area contributed by atoms with Crippen molar-refractivity contribution in [2.75, 3.05) is 11.5 Å². The standard InChI is InChI=1S/C6H6ClF2N3O2S/c7-15(13,14)4-2(10)1-12-6(11)3(4)5(8)9/h1,5H,10H2,(H2,11,12). The number of nitrogen functional groups attached to an aromatic ring is 2. The van der Waals surface area contributed by atoms with Gasteiger partial charge >= 0.3 is 0 Å². The molecule has 0 aliphatic heterocycles. The van der Waals surface area contributed by atoms with Crippen LogP contribution in [0.4, 0.5) is 20.3 Å². The molecule has 0 saturated heterocycles. The highest BCUT2D eigenvalue weighted by Gasteiger charge is 2.27. The minimum Gasteiger partial charge on any atom is -0.396 e. The molecule has 1 aromatic heterocycles. The maximum absolute atomic E-state index is 12.5. The summed E-state index contributed by atoms with van der Waals surface area (Å²) in [6, 6.07) is 0. The Kier molecular flexibility index (Phi) is 3.00. The molecular weight excluding hydrogens is 252 g/mol. The van der Waals surface area contributed by atoms with Gasteiger partial charge in [-0.05, 0) is 0 Å². The fourth-order valence-corrected chi connectivity index (χ4v) is 2.33. The molecular formula is C6H6ClF2N3O2S. The lowest BCUT2D eigenvalue weighted by Gasteiger charge is -2.10. The number of pyridine rings is 1. The van der Waals surface area contributed by atoms with Crippen molar-refractivity contribution in [1.29, 1.82) is 0 Å². The molecule has 1 heterocycles. The van der Waals surface area contributed by atoms with Gasteiger partial charge in [-0.1, -0.05) is 0 Å². The number of hydrogen-bond donors (Lipinski definition) is 2. The molecule has 0 atom stereocenters. The molecule has 5 nitrogen and oxygen atoms in total. The summed E-state index contributed by atoms with van der Waals surface area (Å²) in [4.78, 5) is 2.44. The van der Waals surface area contributed by atoms with E-state index >= 15 is 0 Å². The van der Waals surface area contributed by atoms with E-state index in [1.54, 1.807) is 0 Å². The SMILES string of the molecule is Nc1cnc(N)c(C(F)F)c1S(=O)(=O)Cl. The second-order valence-electron chi connectivity index (χ2n) is 2.58. The highest BCUT2D eigenvalue weighted by Crippen LogP contribution is 2.35. The van der Waals surface area contributed by atoms with E-state index in [9.17, 15) is 17.2 Å². The molecule has 0 unspecified atom stereocenters. The fraction of sp³-hybridized carbons (Fsp3) is 0.167. The number of nitrogens with zero attached hydrogens (tertiary/aromatic N) is 1. The Morgan fingerprint density at radius 2 is 1.93 bits per heavy atom. The molecule has 15 heavy (non-hydrogen) atoms. The minimum absolute atomic E-state index is 0.463. The average Bonchev–Trinajstić information content (AvgIpc) is 2.05. The van der Waals surface area contributed by atoms with E-state index < -0.39 is 37.4 Å². The van der Waals surface area contributed by atoms with Crippen LogP contribution < -0.4 is 11.5 Å². The maximum atomic E-state index is 12.5. The first-order valence-corrected chi connectivity index (χ1v) is 5.82. The smallest absolute Gasteiger partial charge is 0.268 e. The Morgan fingerprint density at radius 3 is 2.27 bits per heavy atom. The highest BCUT2D eigenvalue weighted by molar-refractivity contribution is 8.14. The zero-order valence-electron chi connectivity index (χ0n) is 7.12. The molecule has 84 valence electrons. The summed E-state index contributed by atoms with van der Waals surface area (Å²) in [7, 11) is 0.576. The van der Waals surface area contributed by atoms with E-state index in [2.05, 4.69) is 4.98 Å². The molecule has 0 aliphatic carbocycles. The van der Waals surface area contributed by atoms with Gasteiger partial charge in [-0.25, -0.2) is 22.2 Å². The largest absolute Gasteiger partial charge is 0.396 e. The van der Waals surface area contributed by atoms with Gasteiger partial charge in [0.1, 0.15) is 10.7 Å². The van der Waals surface area contributed by atoms with Crippen LogP contribution in [-0.4, -0.2) is 13.4 Å². The molecule has 0 spiro atoms. The Hall–Kier alpha value is -1.15. The van der Waals surface area contributed by atoms with Crippen LogP contribution in [0, 0.1) is 0 Å². The lowest BCUT2D eigenvalue weighted by atomic mass is 10.2. The molecule has 1 rings (SSSR count). The van der Waals surface area contributed by atoms with Crippen LogP contribution >= 0.6 is 10.7 Å². The zero-order valence-corrected chi connectivity index (χ0v) is 8.69. The van der Waals surface area contributed by atoms with Gasteiger partial charge in [0.05, 0.1) is 17.4 Å². The van der Waals surface area contributed by atoms with E-state index in [0.717, 1.165) is 6.20 Å². The van der Waals surface area contributed by atoms with Crippen molar-refractivity contribution in [3.05, 3.63) is 11.8 Å². The molecule has 0 radical (unpaired) electrons. The number of halogens is 3. The van der Waals surface area contributed by atoms with Gasteiger partial charge < -0.3 is 11.5 Å². The summed E-state index contributed by atoms with van der Waals surface area (Å²) in [5, 5.41) is 0. The quantitative estimate of drug-likeness (QED) is 0.773. The van der Waals surface area contributed by atoms with Crippen LogP contribution in [0.25, 0.3) is 0 Å². The van der Waals surface area contributed by atoms with Crippen molar-refractivity contribution < 1.29 is 17.2 Å². The number of rotatable bonds is 2. The number of nitrogens with two attached hydrogens (primary N) is 2. The first-order valence-electron chi connectivity index (χ1n) is 3.51. The number of anilines is 2. The number of alkyl halides is 2. The van der Waals surface area contributed by atoms with Crippen molar-refractivity contribution >= 4 is 31.2 Å². The van der Waals surface area contributed by atoms with Crippen molar-refractivity contribution in [2.45, 2.75) is 11.3 Å². The molecule has 0 aliphatic rings. The Labute approximate surface area is 88.5 Å². The van der Waals surface area contributed by atoms with Crippen LogP contribution in [0.15, 0.2) is 11.1 Å². The normalized spacial score (nSPS) is 12.0. The van der Waals surface area contributed by atoms with Crippen molar-refractivity contribution in [1.82, 2.24) is 4.98 Å². The predicted molar refractivity (Wildman–Crippen MR) is 51.1 cm³/mol. The molecule has 0 fully saturated rings. The fourth-order valence-electron chi connectivity index (χ4n) is 1.02. The lowest BCUT2D eigenvalue weighted by Crippen LogP contribution is -2.09. The number of aromatic nitrogens is 1. The first-order chi connectivity index (χ1) is 6.75. The van der Waals surface area contributed by atoms with Crippen LogP contribution in [0.2, 0.25) is 0 Å². The second-order valence-corrected chi connectivity index (χ2v) is 5.08. The summed E-state index contributed by atoms with van der Waals surface area (Å²) < 4.78 is 47.0. The van der Waals surface area contributed by atoms with Crippen LogP contribution in [-0.2, 0) is 9.05 Å². The van der Waals surface area contributed by atoms with Crippen LogP contribution in [0.3, 0.4) is 0 Å². The van der Waals surface area contributed by atoms with E-state index in [0.29, 0.717) is 0 Å². The topological polar surface area (TPSA) is 99.1 Å². The van der Waals surface area contributed by atoms with E-state index in [-0.39, 0.29) is 0 Å². The van der Waals surface area contributed by atoms with Gasteiger partial charge in [0.2, 0.25) is 0 Å². The van der Waals surface area contributed by atoms with Gasteiger partial charge in [-0.15, -0.1) is 0 Å². The minimum atomic E-state index is -4.38. The molecule has 0 aromatic carbocycles. The summed E-state index contributed by atoms with van der Waals surface area (Å²) >= 11 is 0. The van der Waals surface area contributed by atoms with E-state index in [1.807, 2.05) is 0 Å². The second kappa shape index (κ2) is 3.78. The number of hydrogen-bond acceptors (Lipinski definition) is 5. The molecule has 9 heteroatoms. The maximum Gasteiger partial charge on any atom is 0.268 e. The van der Waals surface area contributed by atoms with Crippen LogP contribution in [0.5, 0.6) is 0 Å². The highest BCUT2D eigenvalue weighted by atomic mass is 35.7. The predicted octanol–water partition coefficient (Wildman–Crippen LogP) is 1.11. The lowest BCUT2D eigenvalue weighted by molar-refractivity contribution is 0.148. The summed E-state index contributed by atoms with van der Waals surface area (Å²) in [5.41, 5.74) is 8.89. The molecule has 0 bridgehead atoms. The zero-order chi connectivity index (χ0) is 11.8. The average molecular weight is 258 g/mol. The molecule has 1 aromatic rings. The summed E-state index contributed by atoms with van der Waals surface area (Å²) in [6.07, 6.45) is -2.26. The summed E-state index contributed by atoms with van der Waals surface area (Å²) in [5.74, 6) is -0.613. The van der Waals surface area contributed by atoms with Crippen molar-refractivity contribution in [3.8, 4) is 0 Å². The van der Waals surface area contributed by atoms with E-state index in [1.165, 1.54) is 0 Å². The van der Waals surface area contributed by atoms with Gasteiger partial charge in [-0.2, -0.15) is 0 Å². The van der Waals surface area contributed by atoms with Crippen molar-refractivity contribution in [3.63, 3.8) is 0 Å². The van der Waals surface area contributed by atoms with E-state index in [4.69, 9.17) is 22.1 Å². The van der Waals surface area contributed by atoms with Gasteiger partial charge in [0.25, 0.3) is 15.5 Å². The Bertz CT molecular complexity index is 491. The summed E-state index contributed by atoms with van der Waals surface area (Å²) in [6.45, 7) is 0. The monoisotopic (exact) mass is 257 g/mol. The van der Waals surface area contributed by atoms with Gasteiger partial charge in [-0.3, -0.25) is 0 Å². The van der Waals surface area contributed by atoms with Gasteiger partial charge in [0.15, 0.2) is 0 Å². The Balaban J connectivity index is 3.68. The third kappa shape index (κ3) is 2.26. The third-order valence-corrected chi connectivity index (χ3v) is 2.99. The van der Waals surface area contributed by atoms with Crippen molar-refractivity contribution in [2.24, 2.45) is 0 Å². The van der Waals surface area contributed by atoms with Gasteiger partial charge in [0, 0.05) is 10.7 Å². The van der Waals surface area contributed by atoms with Crippen LogP contribution in [0.1, 0.15) is 12.0 Å². The third-order valence-electron chi connectivity index (χ3n) is 1.59. The Morgan fingerprint density at radius 1 is 1.40 bits per heavy atom.